The Hall–Kier alpha value is -3.18. The Morgan fingerprint density at radius 1 is 1.07 bits per heavy atom. The van der Waals surface area contributed by atoms with Crippen LogP contribution in [-0.4, -0.2) is 24.1 Å². The van der Waals surface area contributed by atoms with E-state index < -0.39 is 0 Å². The maximum atomic E-state index is 6.54. The summed E-state index contributed by atoms with van der Waals surface area (Å²) in [5, 5.41) is 6.06. The summed E-state index contributed by atoms with van der Waals surface area (Å²) < 4.78 is 4.03. The van der Waals surface area contributed by atoms with Crippen LogP contribution in [0.15, 0.2) is 61.2 Å². The first kappa shape index (κ1) is 16.7. The Labute approximate surface area is 172 Å². The predicted molar refractivity (Wildman–Crippen MR) is 115 cm³/mol. The second-order valence-corrected chi connectivity index (χ2v) is 8.08. The van der Waals surface area contributed by atoms with Gasteiger partial charge in [-0.15, -0.1) is 0 Å². The Morgan fingerprint density at radius 3 is 2.69 bits per heavy atom. The summed E-state index contributed by atoms with van der Waals surface area (Å²) in [7, 11) is 1.92. The van der Waals surface area contributed by atoms with E-state index in [9.17, 15) is 0 Å². The monoisotopic (exact) mass is 399 g/mol. The van der Waals surface area contributed by atoms with E-state index in [1.807, 2.05) is 43.8 Å². The third-order valence-electron chi connectivity index (χ3n) is 5.62. The molecule has 0 bridgehead atoms. The van der Waals surface area contributed by atoms with Crippen LogP contribution in [0.2, 0.25) is 5.02 Å². The van der Waals surface area contributed by atoms with E-state index >= 15 is 0 Å². The molecule has 0 N–H and O–H groups in total. The summed E-state index contributed by atoms with van der Waals surface area (Å²) in [6.07, 6.45) is 10.2. The smallest absolute Gasteiger partial charge is 0.147 e. The fourth-order valence-corrected chi connectivity index (χ4v) is 4.27. The van der Waals surface area contributed by atoms with Gasteiger partial charge in [-0.05, 0) is 31.0 Å². The number of imidazole rings is 1. The van der Waals surface area contributed by atoms with Crippen LogP contribution < -0.4 is 0 Å². The van der Waals surface area contributed by atoms with Gasteiger partial charge in [0.2, 0.25) is 0 Å². The zero-order valence-electron chi connectivity index (χ0n) is 15.9. The number of hydrogen-bond donors (Lipinski definition) is 0. The lowest BCUT2D eigenvalue weighted by Gasteiger charge is -2.06. The molecule has 1 aliphatic carbocycles. The van der Waals surface area contributed by atoms with Crippen LogP contribution in [0.5, 0.6) is 0 Å². The number of nitrogens with zero attached hydrogens (tertiary/aromatic N) is 5. The topological polar surface area (TPSA) is 48.0 Å². The van der Waals surface area contributed by atoms with E-state index in [2.05, 4.69) is 33.9 Å². The summed E-state index contributed by atoms with van der Waals surface area (Å²) >= 11 is 6.54. The molecule has 0 amide bonds. The third-order valence-corrected chi connectivity index (χ3v) is 5.95. The van der Waals surface area contributed by atoms with Gasteiger partial charge in [0.05, 0.1) is 28.1 Å². The molecule has 6 rings (SSSR count). The number of pyridine rings is 2. The first-order valence-corrected chi connectivity index (χ1v) is 10.1. The van der Waals surface area contributed by atoms with E-state index in [1.54, 1.807) is 4.68 Å². The van der Waals surface area contributed by atoms with E-state index in [1.165, 1.54) is 18.5 Å². The van der Waals surface area contributed by atoms with Gasteiger partial charge in [0, 0.05) is 53.6 Å². The van der Waals surface area contributed by atoms with Crippen LogP contribution >= 0.6 is 11.6 Å². The van der Waals surface area contributed by atoms with Crippen LogP contribution in [0.4, 0.5) is 0 Å². The molecule has 0 atom stereocenters. The highest BCUT2D eigenvalue weighted by molar-refractivity contribution is 6.33. The average molecular weight is 400 g/mol. The van der Waals surface area contributed by atoms with Crippen LogP contribution in [-0.2, 0) is 7.05 Å². The number of benzene rings is 1. The first-order chi connectivity index (χ1) is 14.2. The number of fused-ring (bicyclic) bond motifs is 3. The number of halogens is 1. The summed E-state index contributed by atoms with van der Waals surface area (Å²) in [5.41, 5.74) is 7.17. The molecule has 29 heavy (non-hydrogen) atoms. The fourth-order valence-electron chi connectivity index (χ4n) is 4.04. The molecule has 0 saturated heterocycles. The molecule has 4 heterocycles. The van der Waals surface area contributed by atoms with Gasteiger partial charge in [-0.3, -0.25) is 9.67 Å². The Morgan fingerprint density at radius 2 is 1.93 bits per heavy atom. The first-order valence-electron chi connectivity index (χ1n) is 9.73. The molecule has 1 aliphatic rings. The third kappa shape index (κ3) is 2.65. The van der Waals surface area contributed by atoms with Crippen molar-refractivity contribution in [3.8, 4) is 22.4 Å². The fraction of sp³-hybridized carbons (Fsp3) is 0.174. The Bertz CT molecular complexity index is 1390. The van der Waals surface area contributed by atoms with Crippen molar-refractivity contribution in [2.45, 2.75) is 18.8 Å². The molecule has 5 nitrogen and oxygen atoms in total. The highest BCUT2D eigenvalue weighted by Crippen LogP contribution is 2.46. The van der Waals surface area contributed by atoms with Gasteiger partial charge >= 0.3 is 0 Å². The van der Waals surface area contributed by atoms with Crippen LogP contribution in [0.3, 0.4) is 0 Å². The van der Waals surface area contributed by atoms with Crippen LogP contribution in [0.1, 0.15) is 24.5 Å². The Balaban J connectivity index is 1.65. The van der Waals surface area contributed by atoms with Gasteiger partial charge in [0.1, 0.15) is 5.65 Å². The van der Waals surface area contributed by atoms with Crippen molar-refractivity contribution in [3.05, 3.63) is 71.9 Å². The van der Waals surface area contributed by atoms with E-state index in [0.717, 1.165) is 44.0 Å². The van der Waals surface area contributed by atoms with Crippen molar-refractivity contribution in [2.24, 2.45) is 7.05 Å². The summed E-state index contributed by atoms with van der Waals surface area (Å²) in [4.78, 5) is 9.78. The minimum Gasteiger partial charge on any atom is -0.302 e. The van der Waals surface area contributed by atoms with Gasteiger partial charge in [0.25, 0.3) is 0 Å². The van der Waals surface area contributed by atoms with Crippen molar-refractivity contribution < 1.29 is 0 Å². The van der Waals surface area contributed by atoms with Gasteiger partial charge in [-0.1, -0.05) is 29.8 Å². The lowest BCUT2D eigenvalue weighted by Crippen LogP contribution is -1.94. The van der Waals surface area contributed by atoms with E-state index in [-0.39, 0.29) is 0 Å². The lowest BCUT2D eigenvalue weighted by molar-refractivity contribution is 0.768. The number of aryl methyl sites for hydroxylation is 1. The molecule has 0 aliphatic heterocycles. The largest absolute Gasteiger partial charge is 0.302 e. The van der Waals surface area contributed by atoms with Crippen molar-refractivity contribution in [1.29, 1.82) is 0 Å². The van der Waals surface area contributed by atoms with Crippen molar-refractivity contribution in [3.63, 3.8) is 0 Å². The minimum atomic E-state index is 0.531. The van der Waals surface area contributed by atoms with Gasteiger partial charge in [0.15, 0.2) is 0 Å². The zero-order chi connectivity index (χ0) is 19.5. The van der Waals surface area contributed by atoms with Gasteiger partial charge in [-0.2, -0.15) is 5.10 Å². The average Bonchev–Trinajstić information content (AvgIpc) is 3.35. The van der Waals surface area contributed by atoms with Crippen molar-refractivity contribution in [2.75, 3.05) is 0 Å². The molecular formula is C23H18ClN5. The quantitative estimate of drug-likeness (QED) is 0.403. The molecule has 1 saturated carbocycles. The maximum Gasteiger partial charge on any atom is 0.147 e. The molecule has 0 spiro atoms. The standard InChI is InChI=1S/C23H18ClN5/c1-28-13-16(12-26-28)15-10-18-20(25-11-15)8-9-29-22(14-6-7-14)21(27-23(18)29)17-4-2-3-5-19(17)24/h2-5,8-14H,6-7H2,1H3. The number of rotatable bonds is 3. The molecular weight excluding hydrogens is 382 g/mol. The molecule has 1 fully saturated rings. The van der Waals surface area contributed by atoms with Gasteiger partial charge in [-0.25, -0.2) is 4.98 Å². The lowest BCUT2D eigenvalue weighted by atomic mass is 10.1. The summed E-state index contributed by atoms with van der Waals surface area (Å²) in [6, 6.07) is 12.2. The molecule has 1 aromatic carbocycles. The molecule has 142 valence electrons. The molecule has 0 unspecified atom stereocenters. The maximum absolute atomic E-state index is 6.54. The Kier molecular flexibility index (Phi) is 3.56. The summed E-state index contributed by atoms with van der Waals surface area (Å²) in [6.45, 7) is 0. The molecule has 6 heteroatoms. The highest BCUT2D eigenvalue weighted by Gasteiger charge is 2.31. The summed E-state index contributed by atoms with van der Waals surface area (Å²) in [5.74, 6) is 0.531. The predicted octanol–water partition coefficient (Wildman–Crippen LogP) is 5.48. The van der Waals surface area contributed by atoms with E-state index in [0.29, 0.717) is 5.92 Å². The normalized spacial score (nSPS) is 14.1. The SMILES string of the molecule is Cn1cc(-c2cnc3ccn4c(C5CC5)c(-c5ccccc5Cl)nc4c3c2)cn1. The number of hydrogen-bond acceptors (Lipinski definition) is 3. The van der Waals surface area contributed by atoms with Crippen LogP contribution in [0, 0.1) is 0 Å². The second-order valence-electron chi connectivity index (χ2n) is 7.67. The van der Waals surface area contributed by atoms with E-state index in [4.69, 9.17) is 21.6 Å². The molecule has 4 aromatic heterocycles. The highest BCUT2D eigenvalue weighted by atomic mass is 35.5. The van der Waals surface area contributed by atoms with Crippen molar-refractivity contribution in [1.82, 2.24) is 24.1 Å². The van der Waals surface area contributed by atoms with Crippen molar-refractivity contribution >= 4 is 28.2 Å². The van der Waals surface area contributed by atoms with Gasteiger partial charge < -0.3 is 4.40 Å². The van der Waals surface area contributed by atoms with Crippen LogP contribution in [0.25, 0.3) is 38.9 Å². The molecule has 5 aromatic rings. The number of aromatic nitrogens is 5. The molecule has 0 radical (unpaired) electrons. The second kappa shape index (κ2) is 6.16. The minimum absolute atomic E-state index is 0.531. The zero-order valence-corrected chi connectivity index (χ0v) is 16.6.